The number of carbonyl (C=O) groups excluding carboxylic acids is 3. The Balaban J connectivity index is 2.31. The molecule has 11 heteroatoms. The lowest BCUT2D eigenvalue weighted by Crippen LogP contribution is -2.58. The van der Waals surface area contributed by atoms with Crippen LogP contribution in [-0.2, 0) is 25.6 Å². The summed E-state index contributed by atoms with van der Waals surface area (Å²) in [5.41, 5.74) is 12.9. The number of aromatic amines is 1. The number of benzene rings is 1. The summed E-state index contributed by atoms with van der Waals surface area (Å²) in [6.07, 6.45) is 3.42. The molecular formula is C25H38N6O5. The number of fused-ring (bicyclic) bond motifs is 1. The quantitative estimate of drug-likeness (QED) is 0.181. The molecule has 36 heavy (non-hydrogen) atoms. The van der Waals surface area contributed by atoms with Crippen molar-refractivity contribution in [1.82, 2.24) is 20.9 Å². The van der Waals surface area contributed by atoms with Crippen LogP contribution < -0.4 is 27.4 Å². The van der Waals surface area contributed by atoms with Crippen molar-refractivity contribution in [3.63, 3.8) is 0 Å². The second kappa shape index (κ2) is 13.6. The largest absolute Gasteiger partial charge is 0.480 e. The summed E-state index contributed by atoms with van der Waals surface area (Å²) in [7, 11) is 0. The molecule has 198 valence electrons. The highest BCUT2D eigenvalue weighted by Gasteiger charge is 2.31. The Morgan fingerprint density at radius 3 is 2.19 bits per heavy atom. The molecule has 0 aliphatic heterocycles. The van der Waals surface area contributed by atoms with E-state index in [-0.39, 0.29) is 12.3 Å². The van der Waals surface area contributed by atoms with Gasteiger partial charge in [-0.25, -0.2) is 4.79 Å². The van der Waals surface area contributed by atoms with E-state index in [0.717, 1.165) is 16.5 Å². The zero-order valence-corrected chi connectivity index (χ0v) is 21.0. The number of aliphatic carboxylic acids is 1. The zero-order chi connectivity index (χ0) is 26.8. The first kappa shape index (κ1) is 28.8. The highest BCUT2D eigenvalue weighted by molar-refractivity contribution is 5.94. The number of amides is 3. The fourth-order valence-electron chi connectivity index (χ4n) is 3.83. The number of carboxylic acid groups (broad SMARTS) is 1. The van der Waals surface area contributed by atoms with E-state index in [1.807, 2.05) is 24.3 Å². The van der Waals surface area contributed by atoms with Gasteiger partial charge in [0.25, 0.3) is 0 Å². The van der Waals surface area contributed by atoms with Crippen molar-refractivity contribution in [2.45, 2.75) is 70.6 Å². The van der Waals surface area contributed by atoms with Gasteiger partial charge in [0.1, 0.15) is 18.1 Å². The average Bonchev–Trinajstić information content (AvgIpc) is 3.23. The van der Waals surface area contributed by atoms with Gasteiger partial charge in [-0.3, -0.25) is 14.4 Å². The van der Waals surface area contributed by atoms with Gasteiger partial charge in [0.15, 0.2) is 0 Å². The molecule has 0 aliphatic rings. The third kappa shape index (κ3) is 8.06. The van der Waals surface area contributed by atoms with Gasteiger partial charge >= 0.3 is 5.97 Å². The number of hydrogen-bond donors (Lipinski definition) is 7. The predicted octanol–water partition coefficient (Wildman–Crippen LogP) is 0.382. The first-order chi connectivity index (χ1) is 17.0. The maximum absolute atomic E-state index is 13.3. The third-order valence-corrected chi connectivity index (χ3v) is 5.96. The fraction of sp³-hybridized carbons (Fsp3) is 0.520. The van der Waals surface area contributed by atoms with Crippen LogP contribution in [0.5, 0.6) is 0 Å². The lowest BCUT2D eigenvalue weighted by molar-refractivity contribution is -0.143. The minimum absolute atomic E-state index is 0.114. The van der Waals surface area contributed by atoms with Crippen molar-refractivity contribution in [3.8, 4) is 0 Å². The zero-order valence-electron chi connectivity index (χ0n) is 21.0. The van der Waals surface area contributed by atoms with Crippen LogP contribution in [0, 0.1) is 5.92 Å². The van der Waals surface area contributed by atoms with Crippen LogP contribution in [-0.4, -0.2) is 64.5 Å². The normalized spacial score (nSPS) is 14.6. The summed E-state index contributed by atoms with van der Waals surface area (Å²) in [6, 6.07) is 3.58. The first-order valence-corrected chi connectivity index (χ1v) is 12.2. The van der Waals surface area contributed by atoms with Gasteiger partial charge in [-0.2, -0.15) is 0 Å². The molecule has 0 radical (unpaired) electrons. The van der Waals surface area contributed by atoms with Gasteiger partial charge in [-0.1, -0.05) is 32.0 Å². The van der Waals surface area contributed by atoms with E-state index in [0.29, 0.717) is 25.8 Å². The molecule has 0 saturated heterocycles. The van der Waals surface area contributed by atoms with Crippen molar-refractivity contribution in [1.29, 1.82) is 0 Å². The molecule has 2 rings (SSSR count). The minimum Gasteiger partial charge on any atom is -0.480 e. The summed E-state index contributed by atoms with van der Waals surface area (Å²) in [6.45, 7) is 5.31. The number of aromatic nitrogens is 1. The molecule has 9 N–H and O–H groups in total. The Morgan fingerprint density at radius 2 is 1.58 bits per heavy atom. The minimum atomic E-state index is -1.17. The summed E-state index contributed by atoms with van der Waals surface area (Å²) in [4.78, 5) is 53.5. The van der Waals surface area contributed by atoms with E-state index in [4.69, 9.17) is 11.5 Å². The van der Waals surface area contributed by atoms with Crippen LogP contribution in [0.1, 0.15) is 45.6 Å². The summed E-state index contributed by atoms with van der Waals surface area (Å²) in [5, 5.41) is 18.3. The van der Waals surface area contributed by atoms with E-state index in [2.05, 4.69) is 20.9 Å². The molecule has 4 atom stereocenters. The second-order valence-electron chi connectivity index (χ2n) is 9.33. The van der Waals surface area contributed by atoms with Gasteiger partial charge in [0.2, 0.25) is 17.7 Å². The van der Waals surface area contributed by atoms with Gasteiger partial charge < -0.3 is 37.5 Å². The number of H-pyrrole nitrogens is 1. The monoisotopic (exact) mass is 502 g/mol. The Bertz CT molecular complexity index is 1050. The topological polar surface area (TPSA) is 192 Å². The van der Waals surface area contributed by atoms with E-state index in [9.17, 15) is 24.3 Å². The number of para-hydroxylation sites is 1. The molecule has 3 amide bonds. The maximum Gasteiger partial charge on any atom is 0.326 e. The number of carboxylic acids is 1. The lowest BCUT2D eigenvalue weighted by atomic mass is 10.0. The number of nitrogens with one attached hydrogen (secondary N) is 4. The van der Waals surface area contributed by atoms with Crippen molar-refractivity contribution < 1.29 is 24.3 Å². The fourth-order valence-corrected chi connectivity index (χ4v) is 3.83. The van der Waals surface area contributed by atoms with Crippen molar-refractivity contribution in [2.75, 3.05) is 6.54 Å². The first-order valence-electron chi connectivity index (χ1n) is 12.2. The molecule has 4 unspecified atom stereocenters. The number of unbranched alkanes of at least 4 members (excludes halogenated alkanes) is 1. The molecule has 0 saturated carbocycles. The van der Waals surface area contributed by atoms with Crippen molar-refractivity contribution in [2.24, 2.45) is 17.4 Å². The van der Waals surface area contributed by atoms with Crippen LogP contribution in [0.25, 0.3) is 10.9 Å². The maximum atomic E-state index is 13.3. The Labute approximate surface area is 210 Å². The highest BCUT2D eigenvalue weighted by atomic mass is 16.4. The van der Waals surface area contributed by atoms with E-state index in [1.54, 1.807) is 20.0 Å². The van der Waals surface area contributed by atoms with E-state index < -0.39 is 47.9 Å². The van der Waals surface area contributed by atoms with Gasteiger partial charge in [-0.05, 0) is 50.3 Å². The number of nitrogens with two attached hydrogens (primary N) is 2. The molecule has 0 fully saturated rings. The van der Waals surface area contributed by atoms with Gasteiger partial charge in [0, 0.05) is 23.5 Å². The van der Waals surface area contributed by atoms with E-state index in [1.165, 1.54) is 6.92 Å². The number of carbonyl (C=O) groups is 4. The molecule has 1 heterocycles. The molecule has 2 aromatic rings. The molecule has 1 aromatic heterocycles. The SMILES string of the molecule is CC(N)C(=O)NC(CCCCN)C(=O)NC(Cc1c[nH]c2ccccc12)C(=O)NC(C(=O)O)C(C)C. The Morgan fingerprint density at radius 1 is 0.944 bits per heavy atom. The summed E-state index contributed by atoms with van der Waals surface area (Å²) >= 11 is 0. The van der Waals surface area contributed by atoms with Crippen LogP contribution in [0.15, 0.2) is 30.5 Å². The molecule has 0 bridgehead atoms. The van der Waals surface area contributed by atoms with Crippen LogP contribution in [0.4, 0.5) is 0 Å². The Kier molecular flexibility index (Phi) is 10.9. The Hall–Kier alpha value is -3.44. The standard InChI is InChI=1S/C25H38N6O5/c1-14(2)21(25(35)36)31-24(34)20(12-16-13-28-18-9-5-4-8-17(16)18)30-23(33)19(10-6-7-11-26)29-22(32)15(3)27/h4-5,8-9,13-15,19-21,28H,6-7,10-12,26-27H2,1-3H3,(H,29,32)(H,30,33)(H,31,34)(H,35,36). The smallest absolute Gasteiger partial charge is 0.326 e. The second-order valence-corrected chi connectivity index (χ2v) is 9.33. The number of rotatable bonds is 14. The molecule has 11 nitrogen and oxygen atoms in total. The molecule has 0 spiro atoms. The molecule has 1 aromatic carbocycles. The summed E-state index contributed by atoms with van der Waals surface area (Å²) < 4.78 is 0. The predicted molar refractivity (Wildman–Crippen MR) is 137 cm³/mol. The lowest BCUT2D eigenvalue weighted by Gasteiger charge is -2.26. The summed E-state index contributed by atoms with van der Waals surface area (Å²) in [5.74, 6) is -3.22. The van der Waals surface area contributed by atoms with Crippen molar-refractivity contribution in [3.05, 3.63) is 36.0 Å². The highest BCUT2D eigenvalue weighted by Crippen LogP contribution is 2.19. The molecule has 0 aliphatic carbocycles. The van der Waals surface area contributed by atoms with Crippen LogP contribution >= 0.6 is 0 Å². The van der Waals surface area contributed by atoms with Gasteiger partial charge in [0.05, 0.1) is 6.04 Å². The average molecular weight is 503 g/mol. The van der Waals surface area contributed by atoms with Crippen LogP contribution in [0.3, 0.4) is 0 Å². The van der Waals surface area contributed by atoms with Gasteiger partial charge in [-0.15, -0.1) is 0 Å². The molecular weight excluding hydrogens is 464 g/mol. The third-order valence-electron chi connectivity index (χ3n) is 5.96. The van der Waals surface area contributed by atoms with E-state index >= 15 is 0 Å². The van der Waals surface area contributed by atoms with Crippen molar-refractivity contribution >= 4 is 34.6 Å². The number of hydrogen-bond acceptors (Lipinski definition) is 6. The van der Waals surface area contributed by atoms with Crippen LogP contribution in [0.2, 0.25) is 0 Å².